The molecule has 1 aromatic heterocycles. The molecular weight excluding hydrogens is 254 g/mol. The van der Waals surface area contributed by atoms with Crippen molar-refractivity contribution in [3.05, 3.63) is 36.4 Å². The Hall–Kier alpha value is -2.43. The van der Waals surface area contributed by atoms with Crippen molar-refractivity contribution in [1.82, 2.24) is 4.98 Å². The number of anilines is 3. The maximum Gasteiger partial charge on any atom is 0.132 e. The van der Waals surface area contributed by atoms with Crippen LogP contribution in [0.1, 0.15) is 6.92 Å². The van der Waals surface area contributed by atoms with Gasteiger partial charge < -0.3 is 20.1 Å². The fraction of sp³-hybridized carbons (Fsp3) is 0.267. The van der Waals surface area contributed by atoms with Crippen LogP contribution in [0.3, 0.4) is 0 Å². The van der Waals surface area contributed by atoms with Crippen molar-refractivity contribution in [1.29, 1.82) is 0 Å². The lowest BCUT2D eigenvalue weighted by atomic mass is 10.2. The minimum Gasteiger partial charge on any atom is -0.497 e. The monoisotopic (exact) mass is 273 g/mol. The van der Waals surface area contributed by atoms with E-state index in [4.69, 9.17) is 9.47 Å². The minimum absolute atomic E-state index is 0.731. The summed E-state index contributed by atoms with van der Waals surface area (Å²) in [6.45, 7) is 2.87. The zero-order chi connectivity index (χ0) is 14.4. The molecule has 2 aromatic rings. The maximum atomic E-state index is 5.24. The standard InChI is InChI=1S/C15H19N3O2/c1-4-16-14-6-5-7-15(18-14)17-11-8-12(19-2)10-13(9-11)20-3/h5-10H,4H2,1-3H3,(H2,16,17,18). The number of hydrogen-bond acceptors (Lipinski definition) is 5. The average molecular weight is 273 g/mol. The summed E-state index contributed by atoms with van der Waals surface area (Å²) in [5, 5.41) is 6.42. The summed E-state index contributed by atoms with van der Waals surface area (Å²) in [6, 6.07) is 11.4. The normalized spacial score (nSPS) is 9.95. The topological polar surface area (TPSA) is 55.4 Å². The summed E-state index contributed by atoms with van der Waals surface area (Å²) in [5.74, 6) is 3.07. The second-order valence-electron chi connectivity index (χ2n) is 4.16. The second kappa shape index (κ2) is 6.65. The summed E-state index contributed by atoms with van der Waals surface area (Å²) in [7, 11) is 3.26. The first-order valence-corrected chi connectivity index (χ1v) is 6.46. The van der Waals surface area contributed by atoms with Gasteiger partial charge in [0.05, 0.1) is 14.2 Å². The van der Waals surface area contributed by atoms with E-state index in [9.17, 15) is 0 Å². The molecule has 20 heavy (non-hydrogen) atoms. The number of ether oxygens (including phenoxy) is 2. The molecule has 0 radical (unpaired) electrons. The first-order valence-electron chi connectivity index (χ1n) is 6.46. The molecule has 0 spiro atoms. The van der Waals surface area contributed by atoms with Gasteiger partial charge in [0, 0.05) is 30.4 Å². The predicted molar refractivity (Wildman–Crippen MR) is 81.2 cm³/mol. The summed E-state index contributed by atoms with van der Waals surface area (Å²) in [5.41, 5.74) is 0.863. The van der Waals surface area contributed by atoms with Crippen LogP contribution in [0.2, 0.25) is 0 Å². The lowest BCUT2D eigenvalue weighted by Crippen LogP contribution is -2.01. The van der Waals surface area contributed by atoms with E-state index in [1.807, 2.05) is 43.3 Å². The van der Waals surface area contributed by atoms with Gasteiger partial charge in [-0.25, -0.2) is 4.98 Å². The van der Waals surface area contributed by atoms with Crippen molar-refractivity contribution >= 4 is 17.3 Å². The smallest absolute Gasteiger partial charge is 0.132 e. The van der Waals surface area contributed by atoms with Crippen LogP contribution in [0.25, 0.3) is 0 Å². The molecule has 1 aromatic carbocycles. The van der Waals surface area contributed by atoms with Crippen LogP contribution in [-0.2, 0) is 0 Å². The maximum absolute atomic E-state index is 5.24. The Labute approximate surface area is 118 Å². The third-order valence-electron chi connectivity index (χ3n) is 2.73. The second-order valence-corrected chi connectivity index (χ2v) is 4.16. The molecule has 106 valence electrons. The molecule has 0 bridgehead atoms. The Morgan fingerprint density at radius 2 is 1.65 bits per heavy atom. The molecule has 5 nitrogen and oxygen atoms in total. The van der Waals surface area contributed by atoms with Crippen molar-refractivity contribution in [2.45, 2.75) is 6.92 Å². The third kappa shape index (κ3) is 3.54. The van der Waals surface area contributed by atoms with Gasteiger partial charge in [-0.05, 0) is 19.1 Å². The summed E-state index contributed by atoms with van der Waals surface area (Å²) in [4.78, 5) is 4.46. The molecule has 0 amide bonds. The predicted octanol–water partition coefficient (Wildman–Crippen LogP) is 3.27. The molecule has 0 atom stereocenters. The fourth-order valence-corrected chi connectivity index (χ4v) is 1.81. The van der Waals surface area contributed by atoms with Crippen LogP contribution in [-0.4, -0.2) is 25.7 Å². The van der Waals surface area contributed by atoms with Crippen LogP contribution < -0.4 is 20.1 Å². The Morgan fingerprint density at radius 1 is 1.00 bits per heavy atom. The molecule has 0 aliphatic heterocycles. The van der Waals surface area contributed by atoms with Gasteiger partial charge in [-0.2, -0.15) is 0 Å². The highest BCUT2D eigenvalue weighted by Gasteiger charge is 2.03. The van der Waals surface area contributed by atoms with E-state index in [0.717, 1.165) is 35.4 Å². The van der Waals surface area contributed by atoms with Gasteiger partial charge in [-0.3, -0.25) is 0 Å². The lowest BCUT2D eigenvalue weighted by molar-refractivity contribution is 0.395. The van der Waals surface area contributed by atoms with Gasteiger partial charge >= 0.3 is 0 Å². The van der Waals surface area contributed by atoms with E-state index in [2.05, 4.69) is 15.6 Å². The van der Waals surface area contributed by atoms with E-state index >= 15 is 0 Å². The van der Waals surface area contributed by atoms with Crippen molar-refractivity contribution in [3.63, 3.8) is 0 Å². The fourth-order valence-electron chi connectivity index (χ4n) is 1.81. The number of nitrogens with zero attached hydrogens (tertiary/aromatic N) is 1. The van der Waals surface area contributed by atoms with E-state index in [1.54, 1.807) is 14.2 Å². The first-order chi connectivity index (χ1) is 9.75. The number of hydrogen-bond donors (Lipinski definition) is 2. The molecule has 0 saturated heterocycles. The van der Waals surface area contributed by atoms with E-state index in [1.165, 1.54) is 0 Å². The van der Waals surface area contributed by atoms with Gasteiger partial charge in [-0.1, -0.05) is 6.07 Å². The van der Waals surface area contributed by atoms with Crippen LogP contribution in [0, 0.1) is 0 Å². The van der Waals surface area contributed by atoms with Crippen molar-refractivity contribution < 1.29 is 9.47 Å². The largest absolute Gasteiger partial charge is 0.497 e. The third-order valence-corrected chi connectivity index (χ3v) is 2.73. The molecule has 2 N–H and O–H groups in total. The number of rotatable bonds is 6. The first kappa shape index (κ1) is 14.0. The molecular formula is C15H19N3O2. The van der Waals surface area contributed by atoms with Gasteiger partial charge in [-0.15, -0.1) is 0 Å². The molecule has 2 rings (SSSR count). The van der Waals surface area contributed by atoms with Gasteiger partial charge in [0.15, 0.2) is 0 Å². The number of benzene rings is 1. The molecule has 5 heteroatoms. The van der Waals surface area contributed by atoms with E-state index in [0.29, 0.717) is 0 Å². The summed E-state index contributed by atoms with van der Waals surface area (Å²) < 4.78 is 10.5. The molecule has 0 aliphatic carbocycles. The van der Waals surface area contributed by atoms with Crippen LogP contribution in [0.15, 0.2) is 36.4 Å². The van der Waals surface area contributed by atoms with Crippen LogP contribution in [0.4, 0.5) is 17.3 Å². The average Bonchev–Trinajstić information content (AvgIpc) is 2.47. The van der Waals surface area contributed by atoms with Crippen LogP contribution in [0.5, 0.6) is 11.5 Å². The molecule has 0 aliphatic rings. The highest BCUT2D eigenvalue weighted by atomic mass is 16.5. The minimum atomic E-state index is 0.731. The van der Waals surface area contributed by atoms with E-state index < -0.39 is 0 Å². The van der Waals surface area contributed by atoms with Gasteiger partial charge in [0.25, 0.3) is 0 Å². The quantitative estimate of drug-likeness (QED) is 0.846. The SMILES string of the molecule is CCNc1cccc(Nc2cc(OC)cc(OC)c2)n1. The Morgan fingerprint density at radius 3 is 2.25 bits per heavy atom. The summed E-state index contributed by atoms with van der Waals surface area (Å²) >= 11 is 0. The lowest BCUT2D eigenvalue weighted by Gasteiger charge is -2.11. The zero-order valence-electron chi connectivity index (χ0n) is 11.9. The molecule has 0 fully saturated rings. The Balaban J connectivity index is 2.22. The van der Waals surface area contributed by atoms with Gasteiger partial charge in [0.1, 0.15) is 23.1 Å². The van der Waals surface area contributed by atoms with Gasteiger partial charge in [0.2, 0.25) is 0 Å². The van der Waals surface area contributed by atoms with E-state index in [-0.39, 0.29) is 0 Å². The van der Waals surface area contributed by atoms with Crippen LogP contribution >= 0.6 is 0 Å². The Bertz CT molecular complexity index is 551. The highest BCUT2D eigenvalue weighted by molar-refractivity contribution is 5.62. The number of methoxy groups -OCH3 is 2. The highest BCUT2D eigenvalue weighted by Crippen LogP contribution is 2.27. The molecule has 0 saturated carbocycles. The van der Waals surface area contributed by atoms with Crippen molar-refractivity contribution in [3.8, 4) is 11.5 Å². The molecule has 0 unspecified atom stereocenters. The Kier molecular flexibility index (Phi) is 4.65. The molecule has 1 heterocycles. The zero-order valence-corrected chi connectivity index (χ0v) is 11.9. The number of pyridine rings is 1. The number of aromatic nitrogens is 1. The van der Waals surface area contributed by atoms with Crippen molar-refractivity contribution in [2.75, 3.05) is 31.4 Å². The van der Waals surface area contributed by atoms with Crippen molar-refractivity contribution in [2.24, 2.45) is 0 Å². The number of nitrogens with one attached hydrogen (secondary N) is 2. The summed E-state index contributed by atoms with van der Waals surface area (Å²) in [6.07, 6.45) is 0.